The van der Waals surface area contributed by atoms with Gasteiger partial charge >= 0.3 is 6.18 Å². The average Bonchev–Trinajstić information content (AvgIpc) is 2.60. The Labute approximate surface area is 141 Å². The Bertz CT molecular complexity index is 976. The molecule has 3 aromatic carbocycles. The van der Waals surface area contributed by atoms with E-state index in [9.17, 15) is 18.0 Å². The molecule has 1 aliphatic heterocycles. The summed E-state index contributed by atoms with van der Waals surface area (Å²) in [7, 11) is 0. The molecule has 0 atom stereocenters. The van der Waals surface area contributed by atoms with E-state index >= 15 is 0 Å². The lowest BCUT2D eigenvalue weighted by Crippen LogP contribution is -2.19. The van der Waals surface area contributed by atoms with Crippen molar-refractivity contribution in [1.29, 1.82) is 0 Å². The molecule has 25 heavy (non-hydrogen) atoms. The monoisotopic (exact) mass is 342 g/mol. The van der Waals surface area contributed by atoms with Crippen molar-refractivity contribution in [3.8, 4) is 11.1 Å². The van der Waals surface area contributed by atoms with Gasteiger partial charge in [0.25, 0.3) is 0 Å². The Morgan fingerprint density at radius 3 is 2.40 bits per heavy atom. The number of hydrogen-bond donors (Lipinski definition) is 0. The molecule has 2 nitrogen and oxygen atoms in total. The number of ether oxygens (including phenoxy) is 1. The van der Waals surface area contributed by atoms with Crippen LogP contribution in [0.25, 0.3) is 21.9 Å². The number of fused-ring (bicyclic) bond motifs is 2. The van der Waals surface area contributed by atoms with Gasteiger partial charge in [-0.2, -0.15) is 13.2 Å². The van der Waals surface area contributed by atoms with E-state index in [1.165, 1.54) is 6.07 Å². The van der Waals surface area contributed by atoms with Crippen LogP contribution in [0.4, 0.5) is 13.2 Å². The first-order chi connectivity index (χ1) is 11.9. The zero-order valence-corrected chi connectivity index (χ0v) is 13.1. The standard InChI is InChI=1S/C20H13F3O2/c21-20(22,23)14-7-6-13-8-16-17(10-25-11-18(16)24)19(15(13)9-14)12-4-2-1-3-5-12/h1-9H,10-11H2. The van der Waals surface area contributed by atoms with E-state index in [0.29, 0.717) is 27.5 Å². The summed E-state index contributed by atoms with van der Waals surface area (Å²) in [5.74, 6) is -0.153. The highest BCUT2D eigenvalue weighted by atomic mass is 19.4. The highest BCUT2D eigenvalue weighted by Gasteiger charge is 2.31. The van der Waals surface area contributed by atoms with Crippen LogP contribution >= 0.6 is 0 Å². The Hall–Kier alpha value is -2.66. The number of carbonyl (C=O) groups excluding carboxylic acids is 1. The third-order valence-electron chi connectivity index (χ3n) is 4.42. The van der Waals surface area contributed by atoms with E-state index in [1.54, 1.807) is 6.07 Å². The Kier molecular flexibility index (Phi) is 3.62. The van der Waals surface area contributed by atoms with Crippen LogP contribution in [0.1, 0.15) is 21.5 Å². The van der Waals surface area contributed by atoms with Crippen LogP contribution < -0.4 is 0 Å². The number of carbonyl (C=O) groups is 1. The maximum absolute atomic E-state index is 13.2. The van der Waals surface area contributed by atoms with Crippen molar-refractivity contribution < 1.29 is 22.7 Å². The van der Waals surface area contributed by atoms with Gasteiger partial charge in [0.1, 0.15) is 6.61 Å². The Morgan fingerprint density at radius 2 is 1.68 bits per heavy atom. The molecule has 0 saturated heterocycles. The molecule has 4 rings (SSSR count). The minimum Gasteiger partial charge on any atom is -0.369 e. The maximum Gasteiger partial charge on any atom is 0.416 e. The number of benzene rings is 3. The second-order valence-electron chi connectivity index (χ2n) is 5.99. The van der Waals surface area contributed by atoms with Gasteiger partial charge in [-0.25, -0.2) is 0 Å². The summed E-state index contributed by atoms with van der Waals surface area (Å²) in [4.78, 5) is 12.2. The molecule has 0 aliphatic carbocycles. The zero-order chi connectivity index (χ0) is 17.6. The summed E-state index contributed by atoms with van der Waals surface area (Å²) < 4.78 is 44.9. The molecule has 0 unspecified atom stereocenters. The number of hydrogen-bond acceptors (Lipinski definition) is 2. The van der Waals surface area contributed by atoms with E-state index in [2.05, 4.69) is 0 Å². The van der Waals surface area contributed by atoms with Crippen LogP contribution in [0.2, 0.25) is 0 Å². The normalized spacial score (nSPS) is 14.6. The predicted octanol–water partition coefficient (Wildman–Crippen LogP) is 5.24. The summed E-state index contributed by atoms with van der Waals surface area (Å²) in [6.45, 7) is 0.199. The lowest BCUT2D eigenvalue weighted by molar-refractivity contribution is -0.137. The summed E-state index contributed by atoms with van der Waals surface area (Å²) in [5.41, 5.74) is 1.86. The lowest BCUT2D eigenvalue weighted by atomic mass is 9.87. The third kappa shape index (κ3) is 2.70. The van der Waals surface area contributed by atoms with Crippen molar-refractivity contribution >= 4 is 16.6 Å². The minimum absolute atomic E-state index is 0.00658. The quantitative estimate of drug-likeness (QED) is 0.605. The molecule has 5 heteroatoms. The molecule has 0 N–H and O–H groups in total. The average molecular weight is 342 g/mol. The smallest absolute Gasteiger partial charge is 0.369 e. The molecule has 0 amide bonds. The van der Waals surface area contributed by atoms with E-state index in [1.807, 2.05) is 30.3 Å². The zero-order valence-electron chi connectivity index (χ0n) is 13.1. The van der Waals surface area contributed by atoms with Crippen LogP contribution in [0.5, 0.6) is 0 Å². The Morgan fingerprint density at radius 1 is 0.920 bits per heavy atom. The van der Waals surface area contributed by atoms with Gasteiger partial charge in [0.2, 0.25) is 0 Å². The molecular formula is C20H13F3O2. The molecule has 1 aliphatic rings. The van der Waals surface area contributed by atoms with Gasteiger partial charge in [-0.3, -0.25) is 4.79 Å². The van der Waals surface area contributed by atoms with Gasteiger partial charge < -0.3 is 4.74 Å². The first kappa shape index (κ1) is 15.8. The first-order valence-corrected chi connectivity index (χ1v) is 7.78. The number of rotatable bonds is 1. The van der Waals surface area contributed by atoms with E-state index < -0.39 is 11.7 Å². The largest absolute Gasteiger partial charge is 0.416 e. The Balaban J connectivity index is 2.11. The van der Waals surface area contributed by atoms with Crippen molar-refractivity contribution in [2.24, 2.45) is 0 Å². The third-order valence-corrected chi connectivity index (χ3v) is 4.42. The molecule has 0 aromatic heterocycles. The first-order valence-electron chi connectivity index (χ1n) is 7.78. The highest BCUT2D eigenvalue weighted by Crippen LogP contribution is 2.39. The van der Waals surface area contributed by atoms with Crippen LogP contribution in [-0.4, -0.2) is 12.4 Å². The minimum atomic E-state index is -4.43. The van der Waals surface area contributed by atoms with E-state index in [4.69, 9.17) is 4.74 Å². The maximum atomic E-state index is 13.2. The number of alkyl halides is 3. The van der Waals surface area contributed by atoms with Gasteiger partial charge in [0.05, 0.1) is 12.2 Å². The van der Waals surface area contributed by atoms with Crippen LogP contribution in [0.15, 0.2) is 54.6 Å². The molecular weight excluding hydrogens is 329 g/mol. The van der Waals surface area contributed by atoms with Crippen LogP contribution in [0.3, 0.4) is 0 Å². The lowest BCUT2D eigenvalue weighted by Gasteiger charge is -2.22. The highest BCUT2D eigenvalue weighted by molar-refractivity contribution is 6.08. The number of halogens is 3. The molecule has 1 heterocycles. The summed E-state index contributed by atoms with van der Waals surface area (Å²) in [6.07, 6.45) is -4.43. The van der Waals surface area contributed by atoms with Gasteiger partial charge in [-0.05, 0) is 45.7 Å². The SMILES string of the molecule is O=C1COCc2c1cc1ccc(C(F)(F)F)cc1c2-c1ccccc1. The van der Waals surface area contributed by atoms with Gasteiger partial charge in [-0.15, -0.1) is 0 Å². The summed E-state index contributed by atoms with van der Waals surface area (Å²) in [6, 6.07) is 14.4. The van der Waals surface area contributed by atoms with Crippen molar-refractivity contribution in [3.05, 3.63) is 71.3 Å². The van der Waals surface area contributed by atoms with Crippen molar-refractivity contribution in [2.75, 3.05) is 6.61 Å². The molecule has 0 saturated carbocycles. The second-order valence-corrected chi connectivity index (χ2v) is 5.99. The molecule has 3 aromatic rings. The second kappa shape index (κ2) is 5.70. The summed E-state index contributed by atoms with van der Waals surface area (Å²) >= 11 is 0. The van der Waals surface area contributed by atoms with Gasteiger partial charge in [0.15, 0.2) is 5.78 Å². The molecule has 0 fully saturated rings. The number of ketones is 1. The van der Waals surface area contributed by atoms with Gasteiger partial charge in [0, 0.05) is 5.56 Å². The molecule has 0 bridgehead atoms. The van der Waals surface area contributed by atoms with Crippen LogP contribution in [0, 0.1) is 0 Å². The molecule has 0 radical (unpaired) electrons. The van der Waals surface area contributed by atoms with E-state index in [0.717, 1.165) is 17.7 Å². The van der Waals surface area contributed by atoms with Crippen molar-refractivity contribution in [1.82, 2.24) is 0 Å². The van der Waals surface area contributed by atoms with Gasteiger partial charge in [-0.1, -0.05) is 36.4 Å². The van der Waals surface area contributed by atoms with E-state index in [-0.39, 0.29) is 19.0 Å². The fourth-order valence-electron chi connectivity index (χ4n) is 3.27. The van der Waals surface area contributed by atoms with Crippen LogP contribution in [-0.2, 0) is 17.5 Å². The van der Waals surface area contributed by atoms with Crippen molar-refractivity contribution in [3.63, 3.8) is 0 Å². The molecule has 0 spiro atoms. The fraction of sp³-hybridized carbons (Fsp3) is 0.150. The van der Waals surface area contributed by atoms with Crippen molar-refractivity contribution in [2.45, 2.75) is 12.8 Å². The topological polar surface area (TPSA) is 26.3 Å². The fourth-order valence-corrected chi connectivity index (χ4v) is 3.27. The summed E-state index contributed by atoms with van der Waals surface area (Å²) in [5, 5.41) is 1.08. The molecule has 126 valence electrons. The number of Topliss-reactive ketones (excluding diaryl/α,β-unsaturated/α-hetero) is 1. The predicted molar refractivity (Wildman–Crippen MR) is 88.4 cm³/mol.